The highest BCUT2D eigenvalue weighted by Crippen LogP contribution is 2.35. The molecule has 110 valence electrons. The van der Waals surface area contributed by atoms with Crippen molar-refractivity contribution in [3.05, 3.63) is 46.2 Å². The number of alkyl halides is 3. The highest BCUT2D eigenvalue weighted by Gasteiger charge is 2.33. The molecule has 0 atom stereocenters. The highest BCUT2D eigenvalue weighted by molar-refractivity contribution is 9.10. The van der Waals surface area contributed by atoms with E-state index in [2.05, 4.69) is 25.9 Å². The second-order valence-electron chi connectivity index (χ2n) is 3.80. The second-order valence-corrected chi connectivity index (χ2v) is 5.64. The lowest BCUT2D eigenvalue weighted by atomic mass is 10.2. The van der Waals surface area contributed by atoms with Gasteiger partial charge in [0.1, 0.15) is 15.7 Å². The molecule has 0 unspecified atom stereocenters. The quantitative estimate of drug-likeness (QED) is 0.888. The molecule has 4 nitrogen and oxygen atoms in total. The first kappa shape index (κ1) is 15.8. The summed E-state index contributed by atoms with van der Waals surface area (Å²) in [5.74, 6) is -0.856. The fourth-order valence-corrected chi connectivity index (χ4v) is 2.78. The molecule has 0 aromatic carbocycles. The molecule has 0 saturated carbocycles. The molecule has 0 saturated heterocycles. The SMILES string of the molecule is NC(=O)c1ccc(C(F)(F)F)nc1Sc1ncccc1Br. The minimum atomic E-state index is -4.60. The molecule has 0 aliphatic heterocycles. The van der Waals surface area contributed by atoms with Gasteiger partial charge in [0.25, 0.3) is 5.91 Å². The number of carbonyl (C=O) groups excluding carboxylic acids is 1. The maximum atomic E-state index is 12.7. The number of amides is 1. The van der Waals surface area contributed by atoms with E-state index < -0.39 is 17.8 Å². The van der Waals surface area contributed by atoms with Crippen molar-refractivity contribution in [3.63, 3.8) is 0 Å². The molecule has 2 rings (SSSR count). The summed E-state index contributed by atoms with van der Waals surface area (Å²) >= 11 is 4.05. The molecule has 2 N–H and O–H groups in total. The minimum Gasteiger partial charge on any atom is -0.366 e. The number of nitrogens with zero attached hydrogens (tertiary/aromatic N) is 2. The maximum absolute atomic E-state index is 12.7. The lowest BCUT2D eigenvalue weighted by Gasteiger charge is -2.10. The van der Waals surface area contributed by atoms with E-state index >= 15 is 0 Å². The average molecular weight is 378 g/mol. The first-order chi connectivity index (χ1) is 9.79. The zero-order valence-electron chi connectivity index (χ0n) is 10.2. The van der Waals surface area contributed by atoms with Gasteiger partial charge in [0, 0.05) is 6.20 Å². The van der Waals surface area contributed by atoms with E-state index in [0.29, 0.717) is 9.50 Å². The number of primary amides is 1. The van der Waals surface area contributed by atoms with E-state index in [9.17, 15) is 18.0 Å². The summed E-state index contributed by atoms with van der Waals surface area (Å²) in [6, 6.07) is 5.06. The third kappa shape index (κ3) is 3.73. The Bertz CT molecular complexity index is 694. The predicted molar refractivity (Wildman–Crippen MR) is 73.8 cm³/mol. The van der Waals surface area contributed by atoms with Crippen molar-refractivity contribution in [2.75, 3.05) is 0 Å². The van der Waals surface area contributed by atoms with Crippen molar-refractivity contribution in [2.45, 2.75) is 16.2 Å². The lowest BCUT2D eigenvalue weighted by Crippen LogP contribution is -2.16. The van der Waals surface area contributed by atoms with E-state index in [1.807, 2.05) is 0 Å². The van der Waals surface area contributed by atoms with Gasteiger partial charge in [0.2, 0.25) is 0 Å². The normalized spacial score (nSPS) is 11.4. The van der Waals surface area contributed by atoms with Gasteiger partial charge >= 0.3 is 6.18 Å². The van der Waals surface area contributed by atoms with Gasteiger partial charge in [-0.25, -0.2) is 9.97 Å². The molecule has 0 bridgehead atoms. The predicted octanol–water partition coefficient (Wildman–Crippen LogP) is 3.51. The van der Waals surface area contributed by atoms with Crippen LogP contribution in [0.5, 0.6) is 0 Å². The molecule has 0 fully saturated rings. The number of nitrogens with two attached hydrogens (primary N) is 1. The summed E-state index contributed by atoms with van der Waals surface area (Å²) in [5.41, 5.74) is 3.97. The van der Waals surface area contributed by atoms with Crippen LogP contribution in [0, 0.1) is 0 Å². The molecular weight excluding hydrogens is 371 g/mol. The van der Waals surface area contributed by atoms with E-state index in [4.69, 9.17) is 5.73 Å². The Morgan fingerprint density at radius 2 is 1.95 bits per heavy atom. The number of hydrogen-bond acceptors (Lipinski definition) is 4. The Kier molecular flexibility index (Phi) is 4.52. The van der Waals surface area contributed by atoms with Crippen LogP contribution in [0.3, 0.4) is 0 Å². The Hall–Kier alpha value is -1.61. The molecule has 21 heavy (non-hydrogen) atoms. The van der Waals surface area contributed by atoms with Crippen LogP contribution < -0.4 is 5.73 Å². The number of carbonyl (C=O) groups is 1. The molecule has 2 aromatic rings. The first-order valence-electron chi connectivity index (χ1n) is 5.45. The van der Waals surface area contributed by atoms with Crippen LogP contribution in [0.1, 0.15) is 16.1 Å². The molecule has 2 aromatic heterocycles. The Balaban J connectivity index is 2.49. The monoisotopic (exact) mass is 377 g/mol. The third-order valence-electron chi connectivity index (χ3n) is 2.33. The summed E-state index contributed by atoms with van der Waals surface area (Å²) in [6.07, 6.45) is -3.13. The molecule has 9 heteroatoms. The van der Waals surface area contributed by atoms with Crippen molar-refractivity contribution in [1.29, 1.82) is 0 Å². The van der Waals surface area contributed by atoms with Gasteiger partial charge in [-0.05, 0) is 52.0 Å². The number of pyridine rings is 2. The first-order valence-corrected chi connectivity index (χ1v) is 7.06. The van der Waals surface area contributed by atoms with Crippen molar-refractivity contribution in [1.82, 2.24) is 9.97 Å². The summed E-state index contributed by atoms with van der Waals surface area (Å²) in [7, 11) is 0. The lowest BCUT2D eigenvalue weighted by molar-refractivity contribution is -0.141. The van der Waals surface area contributed by atoms with Crippen molar-refractivity contribution >= 4 is 33.6 Å². The van der Waals surface area contributed by atoms with Crippen molar-refractivity contribution in [3.8, 4) is 0 Å². The molecular formula is C12H7BrF3N3OS. The van der Waals surface area contributed by atoms with Crippen LogP contribution in [-0.4, -0.2) is 15.9 Å². The van der Waals surface area contributed by atoms with E-state index in [1.165, 1.54) is 6.20 Å². The van der Waals surface area contributed by atoms with Crippen LogP contribution in [-0.2, 0) is 6.18 Å². The van der Waals surface area contributed by atoms with E-state index in [1.54, 1.807) is 12.1 Å². The Labute approximate surface area is 130 Å². The Morgan fingerprint density at radius 3 is 2.52 bits per heavy atom. The molecule has 2 heterocycles. The standard InChI is InChI=1S/C12H7BrF3N3OS/c13-7-2-1-5-18-11(7)21-10-6(9(17)20)3-4-8(19-10)12(14,15)16/h1-5H,(H2,17,20). The van der Waals surface area contributed by atoms with E-state index in [0.717, 1.165) is 23.9 Å². The minimum absolute atomic E-state index is 0.0921. The van der Waals surface area contributed by atoms with Gasteiger partial charge < -0.3 is 5.73 Å². The van der Waals surface area contributed by atoms with Gasteiger partial charge in [-0.1, -0.05) is 0 Å². The molecule has 0 radical (unpaired) electrons. The maximum Gasteiger partial charge on any atom is 0.433 e. The third-order valence-corrected chi connectivity index (χ3v) is 4.26. The highest BCUT2D eigenvalue weighted by atomic mass is 79.9. The smallest absolute Gasteiger partial charge is 0.366 e. The topological polar surface area (TPSA) is 68.9 Å². The molecule has 0 aliphatic rings. The zero-order chi connectivity index (χ0) is 15.6. The van der Waals surface area contributed by atoms with Gasteiger partial charge in [-0.15, -0.1) is 0 Å². The summed E-state index contributed by atoms with van der Waals surface area (Å²) in [6.45, 7) is 0. The van der Waals surface area contributed by atoms with E-state index in [-0.39, 0.29) is 10.6 Å². The van der Waals surface area contributed by atoms with Crippen molar-refractivity contribution < 1.29 is 18.0 Å². The number of hydrogen-bond donors (Lipinski definition) is 1. The van der Waals surface area contributed by atoms with Gasteiger partial charge in [-0.2, -0.15) is 13.2 Å². The zero-order valence-corrected chi connectivity index (χ0v) is 12.6. The fraction of sp³-hybridized carbons (Fsp3) is 0.0833. The number of rotatable bonds is 3. The van der Waals surface area contributed by atoms with Crippen LogP contribution in [0.4, 0.5) is 13.2 Å². The molecule has 1 amide bonds. The molecule has 0 spiro atoms. The number of halogens is 4. The van der Waals surface area contributed by atoms with Crippen LogP contribution in [0.15, 0.2) is 45.0 Å². The fourth-order valence-electron chi connectivity index (χ4n) is 1.40. The van der Waals surface area contributed by atoms with Crippen LogP contribution in [0.2, 0.25) is 0 Å². The van der Waals surface area contributed by atoms with Gasteiger partial charge in [-0.3, -0.25) is 4.79 Å². The summed E-state index contributed by atoms with van der Waals surface area (Å²) in [4.78, 5) is 18.8. The van der Waals surface area contributed by atoms with Crippen molar-refractivity contribution in [2.24, 2.45) is 5.73 Å². The molecule has 0 aliphatic carbocycles. The largest absolute Gasteiger partial charge is 0.433 e. The number of aromatic nitrogens is 2. The van der Waals surface area contributed by atoms with Gasteiger partial charge in [0.15, 0.2) is 0 Å². The summed E-state index contributed by atoms with van der Waals surface area (Å²) in [5, 5.41) is 0.239. The average Bonchev–Trinajstić information content (AvgIpc) is 2.40. The summed E-state index contributed by atoms with van der Waals surface area (Å²) < 4.78 is 38.7. The Morgan fingerprint density at radius 1 is 1.24 bits per heavy atom. The van der Waals surface area contributed by atoms with Crippen LogP contribution in [0.25, 0.3) is 0 Å². The van der Waals surface area contributed by atoms with Gasteiger partial charge in [0.05, 0.1) is 10.0 Å². The second kappa shape index (κ2) is 6.02. The van der Waals surface area contributed by atoms with Crippen LogP contribution >= 0.6 is 27.7 Å².